The molecule has 96 valence electrons. The Morgan fingerprint density at radius 3 is 2.76 bits per heavy atom. The van der Waals surface area contributed by atoms with Gasteiger partial charge in [0.1, 0.15) is 0 Å². The van der Waals surface area contributed by atoms with Gasteiger partial charge in [-0.3, -0.25) is 0 Å². The lowest BCUT2D eigenvalue weighted by Crippen LogP contribution is -2.36. The van der Waals surface area contributed by atoms with E-state index in [1.165, 1.54) is 11.5 Å². The van der Waals surface area contributed by atoms with Crippen molar-refractivity contribution < 1.29 is 9.47 Å². The van der Waals surface area contributed by atoms with Crippen molar-refractivity contribution in [2.24, 2.45) is 0 Å². The third-order valence-electron chi connectivity index (χ3n) is 2.99. The molecule has 0 aromatic carbocycles. The van der Waals surface area contributed by atoms with Gasteiger partial charge in [0, 0.05) is 19.7 Å². The van der Waals surface area contributed by atoms with Crippen molar-refractivity contribution in [3.63, 3.8) is 0 Å². The van der Waals surface area contributed by atoms with Crippen LogP contribution in [0.15, 0.2) is 0 Å². The molecule has 0 amide bonds. The van der Waals surface area contributed by atoms with Gasteiger partial charge in [-0.25, -0.2) is 0 Å². The first-order chi connectivity index (χ1) is 8.26. The molecule has 1 aromatic heterocycles. The monoisotopic (exact) mass is 257 g/mol. The smallest absolute Gasteiger partial charge is 0.197 e. The van der Waals surface area contributed by atoms with Crippen molar-refractivity contribution in [3.05, 3.63) is 0 Å². The predicted octanol–water partition coefficient (Wildman–Crippen LogP) is 1.74. The highest BCUT2D eigenvalue weighted by Gasteiger charge is 2.24. The van der Waals surface area contributed by atoms with E-state index in [0.29, 0.717) is 17.7 Å². The van der Waals surface area contributed by atoms with E-state index in [1.54, 1.807) is 7.11 Å². The van der Waals surface area contributed by atoms with E-state index >= 15 is 0 Å². The number of rotatable bonds is 4. The molecule has 0 saturated carbocycles. The molecule has 2 N–H and O–H groups in total. The minimum Gasteiger partial charge on any atom is -0.490 e. The van der Waals surface area contributed by atoms with E-state index in [0.717, 1.165) is 37.5 Å². The standard InChI is InChI=1S/C11H19N3O2S/c1-3-16-8-4-6-14(7-5-8)11-9(15-2)10(12)13-17-11/h8H,3-7H2,1-2H3,(H2,12,13). The zero-order valence-electron chi connectivity index (χ0n) is 10.3. The van der Waals surface area contributed by atoms with Crippen LogP contribution < -0.4 is 15.4 Å². The summed E-state index contributed by atoms with van der Waals surface area (Å²) in [7, 11) is 1.64. The van der Waals surface area contributed by atoms with Crippen molar-refractivity contribution in [1.82, 2.24) is 4.37 Å². The number of nitrogens with two attached hydrogens (primary N) is 1. The van der Waals surface area contributed by atoms with Crippen molar-refractivity contribution in [1.29, 1.82) is 0 Å². The number of nitrogen functional groups attached to an aromatic ring is 1. The molecule has 5 nitrogen and oxygen atoms in total. The molecule has 1 fully saturated rings. The molecule has 0 spiro atoms. The molecule has 1 aromatic rings. The number of methoxy groups -OCH3 is 1. The highest BCUT2D eigenvalue weighted by molar-refractivity contribution is 7.11. The quantitative estimate of drug-likeness (QED) is 0.890. The molecule has 0 bridgehead atoms. The Hall–Kier alpha value is -1.01. The topological polar surface area (TPSA) is 60.6 Å². The lowest BCUT2D eigenvalue weighted by atomic mass is 10.1. The van der Waals surface area contributed by atoms with Crippen molar-refractivity contribution in [2.75, 3.05) is 37.4 Å². The predicted molar refractivity (Wildman–Crippen MR) is 69.9 cm³/mol. The molecule has 0 aliphatic carbocycles. The average molecular weight is 257 g/mol. The normalized spacial score (nSPS) is 17.4. The SMILES string of the molecule is CCOC1CCN(c2snc(N)c2OC)CC1. The van der Waals surface area contributed by atoms with Crippen LogP contribution in [0, 0.1) is 0 Å². The molecule has 6 heteroatoms. The number of hydrogen-bond donors (Lipinski definition) is 1. The van der Waals surface area contributed by atoms with Gasteiger partial charge in [-0.05, 0) is 31.3 Å². The Kier molecular flexibility index (Phi) is 4.06. The van der Waals surface area contributed by atoms with Gasteiger partial charge >= 0.3 is 0 Å². The van der Waals surface area contributed by atoms with Crippen molar-refractivity contribution >= 4 is 22.4 Å². The van der Waals surface area contributed by atoms with Gasteiger partial charge < -0.3 is 20.1 Å². The fourth-order valence-electron chi connectivity index (χ4n) is 2.14. The molecule has 0 unspecified atom stereocenters. The molecule has 0 radical (unpaired) electrons. The van der Waals surface area contributed by atoms with Gasteiger partial charge in [0.05, 0.1) is 13.2 Å². The highest BCUT2D eigenvalue weighted by atomic mass is 32.1. The van der Waals surface area contributed by atoms with E-state index in [1.807, 2.05) is 6.92 Å². The molecule has 2 heterocycles. The number of piperidine rings is 1. The van der Waals surface area contributed by atoms with Gasteiger partial charge in [-0.15, -0.1) is 0 Å². The lowest BCUT2D eigenvalue weighted by Gasteiger charge is -2.32. The van der Waals surface area contributed by atoms with Crippen LogP contribution in [0.4, 0.5) is 10.8 Å². The zero-order valence-corrected chi connectivity index (χ0v) is 11.1. The van der Waals surface area contributed by atoms with E-state index < -0.39 is 0 Å². The second kappa shape index (κ2) is 5.55. The Balaban J connectivity index is 2.00. The van der Waals surface area contributed by atoms with Crippen LogP contribution in [0.2, 0.25) is 0 Å². The van der Waals surface area contributed by atoms with E-state index in [2.05, 4.69) is 9.27 Å². The van der Waals surface area contributed by atoms with Crippen LogP contribution in [-0.2, 0) is 4.74 Å². The number of nitrogens with zero attached hydrogens (tertiary/aromatic N) is 2. The highest BCUT2D eigenvalue weighted by Crippen LogP contribution is 2.39. The summed E-state index contributed by atoms with van der Waals surface area (Å²) in [4.78, 5) is 2.28. The van der Waals surface area contributed by atoms with Crippen LogP contribution in [-0.4, -0.2) is 37.3 Å². The third-order valence-corrected chi connectivity index (χ3v) is 3.90. The van der Waals surface area contributed by atoms with Gasteiger partial charge in [0.15, 0.2) is 16.6 Å². The van der Waals surface area contributed by atoms with Crippen LogP contribution >= 0.6 is 11.5 Å². The van der Waals surface area contributed by atoms with Crippen LogP contribution in [0.1, 0.15) is 19.8 Å². The number of ether oxygens (including phenoxy) is 2. The lowest BCUT2D eigenvalue weighted by molar-refractivity contribution is 0.0459. The molecule has 2 rings (SSSR count). The fraction of sp³-hybridized carbons (Fsp3) is 0.727. The number of anilines is 2. The second-order valence-electron chi connectivity index (χ2n) is 4.05. The molecule has 1 aliphatic rings. The Labute approximate surface area is 106 Å². The maximum atomic E-state index is 5.76. The molecule has 1 aliphatic heterocycles. The Bertz CT molecular complexity index is 362. The van der Waals surface area contributed by atoms with Crippen LogP contribution in [0.5, 0.6) is 5.75 Å². The Morgan fingerprint density at radius 2 is 2.18 bits per heavy atom. The minimum atomic E-state index is 0.396. The Morgan fingerprint density at radius 1 is 1.47 bits per heavy atom. The average Bonchev–Trinajstić information content (AvgIpc) is 2.72. The summed E-state index contributed by atoms with van der Waals surface area (Å²) in [5.41, 5.74) is 5.76. The van der Waals surface area contributed by atoms with Gasteiger partial charge in [-0.2, -0.15) is 4.37 Å². The molecule has 0 atom stereocenters. The molecule has 1 saturated heterocycles. The first-order valence-corrected chi connectivity index (χ1v) is 6.69. The second-order valence-corrected chi connectivity index (χ2v) is 4.80. The summed E-state index contributed by atoms with van der Waals surface area (Å²) < 4.78 is 15.1. The number of hydrogen-bond acceptors (Lipinski definition) is 6. The summed E-state index contributed by atoms with van der Waals surface area (Å²) in [6.07, 6.45) is 2.50. The van der Waals surface area contributed by atoms with Crippen molar-refractivity contribution in [3.8, 4) is 5.75 Å². The zero-order chi connectivity index (χ0) is 12.3. The first kappa shape index (κ1) is 12.4. The minimum absolute atomic E-state index is 0.396. The van der Waals surface area contributed by atoms with Gasteiger partial charge in [-0.1, -0.05) is 0 Å². The molecular formula is C11H19N3O2S. The first-order valence-electron chi connectivity index (χ1n) is 5.92. The summed E-state index contributed by atoms with van der Waals surface area (Å²) in [6, 6.07) is 0. The maximum absolute atomic E-state index is 5.76. The third kappa shape index (κ3) is 2.63. The fourth-order valence-corrected chi connectivity index (χ4v) is 2.98. The maximum Gasteiger partial charge on any atom is 0.197 e. The van der Waals surface area contributed by atoms with Gasteiger partial charge in [0.2, 0.25) is 0 Å². The molecule has 17 heavy (non-hydrogen) atoms. The summed E-state index contributed by atoms with van der Waals surface area (Å²) in [5.74, 6) is 1.20. The molecular weight excluding hydrogens is 238 g/mol. The van der Waals surface area contributed by atoms with E-state index in [-0.39, 0.29) is 0 Å². The van der Waals surface area contributed by atoms with Crippen LogP contribution in [0.25, 0.3) is 0 Å². The van der Waals surface area contributed by atoms with Crippen LogP contribution in [0.3, 0.4) is 0 Å². The van der Waals surface area contributed by atoms with E-state index in [9.17, 15) is 0 Å². The summed E-state index contributed by atoms with van der Waals surface area (Å²) >= 11 is 1.41. The van der Waals surface area contributed by atoms with Gasteiger partial charge in [0.25, 0.3) is 0 Å². The largest absolute Gasteiger partial charge is 0.490 e. The van der Waals surface area contributed by atoms with Crippen molar-refractivity contribution in [2.45, 2.75) is 25.9 Å². The summed E-state index contributed by atoms with van der Waals surface area (Å²) in [5, 5.41) is 1.04. The number of aromatic nitrogens is 1. The summed E-state index contributed by atoms with van der Waals surface area (Å²) in [6.45, 7) is 4.78. The van der Waals surface area contributed by atoms with E-state index in [4.69, 9.17) is 15.2 Å².